The molecule has 114 valence electrons. The number of hydrogen-bond acceptors (Lipinski definition) is 6. The minimum atomic E-state index is -1.21. The van der Waals surface area contributed by atoms with Crippen molar-refractivity contribution in [3.05, 3.63) is 33.7 Å². The molecule has 0 aromatic carbocycles. The van der Waals surface area contributed by atoms with E-state index in [4.69, 9.17) is 4.52 Å². The van der Waals surface area contributed by atoms with Crippen molar-refractivity contribution in [3.63, 3.8) is 0 Å². The van der Waals surface area contributed by atoms with E-state index in [-0.39, 0.29) is 5.56 Å². The summed E-state index contributed by atoms with van der Waals surface area (Å²) >= 11 is 1.41. The van der Waals surface area contributed by atoms with Crippen molar-refractivity contribution < 1.29 is 14.4 Å². The Morgan fingerprint density at radius 2 is 2.23 bits per heavy atom. The van der Waals surface area contributed by atoms with Gasteiger partial charge in [-0.15, -0.1) is 11.8 Å². The summed E-state index contributed by atoms with van der Waals surface area (Å²) in [5, 5.41) is 15.9. The maximum Gasteiger partial charge on any atom is 0.252 e. The van der Waals surface area contributed by atoms with E-state index in [1.807, 2.05) is 6.92 Å². The number of rotatable bonds is 3. The number of nitrogens with zero attached hydrogens (tertiary/aromatic N) is 2. The molecule has 7 heteroatoms. The minimum absolute atomic E-state index is 0.330. The van der Waals surface area contributed by atoms with E-state index in [1.54, 1.807) is 6.07 Å². The van der Waals surface area contributed by atoms with Gasteiger partial charge in [0.15, 0.2) is 5.76 Å². The molecule has 1 saturated carbocycles. The lowest BCUT2D eigenvalue weighted by molar-refractivity contribution is -0.309. The van der Waals surface area contributed by atoms with Gasteiger partial charge in [-0.1, -0.05) is 5.16 Å². The molecule has 2 aromatic heterocycles. The lowest BCUT2D eigenvalue weighted by atomic mass is 10.0. The molecule has 1 unspecified atom stereocenters. The van der Waals surface area contributed by atoms with Crippen LogP contribution in [0.15, 0.2) is 26.5 Å². The van der Waals surface area contributed by atoms with Crippen LogP contribution in [-0.4, -0.2) is 21.4 Å². The van der Waals surface area contributed by atoms with E-state index < -0.39 is 12.0 Å². The normalized spacial score (nSPS) is 20.1. The van der Waals surface area contributed by atoms with Gasteiger partial charge in [0.1, 0.15) is 0 Å². The van der Waals surface area contributed by atoms with Gasteiger partial charge in [0.05, 0.1) is 22.7 Å². The Hall–Kier alpha value is -2.02. The van der Waals surface area contributed by atoms with Gasteiger partial charge in [-0.05, 0) is 31.2 Å². The fraction of sp³-hybridized carbons (Fsp3) is 0.400. The summed E-state index contributed by atoms with van der Waals surface area (Å²) in [7, 11) is 0. The number of pyridine rings is 1. The molecule has 6 nitrogen and oxygen atoms in total. The van der Waals surface area contributed by atoms with Gasteiger partial charge in [-0.2, -0.15) is 0 Å². The number of aryl methyl sites for hydroxylation is 1. The minimum Gasteiger partial charge on any atom is -0.548 e. The van der Waals surface area contributed by atoms with Gasteiger partial charge in [0.25, 0.3) is 5.56 Å². The average molecular weight is 317 g/mol. The largest absolute Gasteiger partial charge is 0.548 e. The van der Waals surface area contributed by atoms with Crippen LogP contribution in [0.25, 0.3) is 11.3 Å². The molecule has 1 aliphatic heterocycles. The van der Waals surface area contributed by atoms with Crippen LogP contribution in [0.1, 0.15) is 36.1 Å². The van der Waals surface area contributed by atoms with Crippen LogP contribution in [0.5, 0.6) is 0 Å². The van der Waals surface area contributed by atoms with Gasteiger partial charge in [-0.3, -0.25) is 9.36 Å². The number of carboxylic acid groups (broad SMARTS) is 1. The molecule has 2 aliphatic rings. The molecule has 1 atom stereocenters. The topological polar surface area (TPSA) is 88.2 Å². The molecule has 0 spiro atoms. The monoisotopic (exact) mass is 317 g/mol. The third-order valence-corrected chi connectivity index (χ3v) is 5.26. The fourth-order valence-corrected chi connectivity index (χ4v) is 4.31. The lowest BCUT2D eigenvalue weighted by Gasteiger charge is -2.17. The second-order valence-electron chi connectivity index (χ2n) is 5.74. The summed E-state index contributed by atoms with van der Waals surface area (Å²) < 4.78 is 6.68. The van der Waals surface area contributed by atoms with Crippen LogP contribution in [0, 0.1) is 6.92 Å². The first-order valence-corrected chi connectivity index (χ1v) is 8.11. The molecule has 0 amide bonds. The molecule has 1 fully saturated rings. The Morgan fingerprint density at radius 1 is 1.45 bits per heavy atom. The van der Waals surface area contributed by atoms with Crippen LogP contribution >= 0.6 is 11.8 Å². The van der Waals surface area contributed by atoms with Crippen molar-refractivity contribution in [2.45, 2.75) is 36.8 Å². The highest BCUT2D eigenvalue weighted by atomic mass is 32.2. The second kappa shape index (κ2) is 4.74. The molecule has 4 rings (SSSR count). The molecule has 2 aromatic rings. The number of aliphatic carboxylic acids is 1. The summed E-state index contributed by atoms with van der Waals surface area (Å²) in [5.41, 5.74) is 2.18. The Balaban J connectivity index is 1.97. The lowest BCUT2D eigenvalue weighted by Crippen LogP contribution is -2.37. The number of carbonyl (C=O) groups excluding carboxylic acids is 1. The summed E-state index contributed by atoms with van der Waals surface area (Å²) in [5.74, 6) is 0.0434. The van der Waals surface area contributed by atoms with Crippen molar-refractivity contribution in [2.75, 3.05) is 5.75 Å². The highest BCUT2D eigenvalue weighted by Crippen LogP contribution is 2.50. The van der Waals surface area contributed by atoms with Crippen LogP contribution in [0.3, 0.4) is 0 Å². The summed E-state index contributed by atoms with van der Waals surface area (Å²) in [6, 6.07) is 2.38. The smallest absolute Gasteiger partial charge is 0.252 e. The van der Waals surface area contributed by atoms with Gasteiger partial charge in [-0.25, -0.2) is 0 Å². The maximum atomic E-state index is 12.4. The van der Waals surface area contributed by atoms with Crippen molar-refractivity contribution in [1.29, 1.82) is 0 Å². The van der Waals surface area contributed by atoms with Gasteiger partial charge < -0.3 is 14.4 Å². The van der Waals surface area contributed by atoms with Crippen LogP contribution in [0.2, 0.25) is 0 Å². The highest BCUT2D eigenvalue weighted by molar-refractivity contribution is 7.99. The predicted octanol–water partition coefficient (Wildman–Crippen LogP) is 1.09. The van der Waals surface area contributed by atoms with Gasteiger partial charge >= 0.3 is 0 Å². The zero-order valence-electron chi connectivity index (χ0n) is 11.9. The number of thioether (sulfide) groups is 1. The quantitative estimate of drug-likeness (QED) is 0.842. The van der Waals surface area contributed by atoms with E-state index in [0.29, 0.717) is 17.4 Å². The molecular formula is C15H13N2O4S-. The van der Waals surface area contributed by atoms with Crippen LogP contribution < -0.4 is 10.7 Å². The van der Waals surface area contributed by atoms with E-state index in [1.165, 1.54) is 22.4 Å². The average Bonchev–Trinajstić information content (AvgIpc) is 3.04. The molecule has 3 heterocycles. The number of carbonyl (C=O) groups is 1. The molecule has 0 bridgehead atoms. The Bertz CT molecular complexity index is 835. The van der Waals surface area contributed by atoms with Crippen LogP contribution in [0.4, 0.5) is 0 Å². The predicted molar refractivity (Wildman–Crippen MR) is 77.7 cm³/mol. The maximum absolute atomic E-state index is 12.4. The molecule has 0 radical (unpaired) electrons. The van der Waals surface area contributed by atoms with Gasteiger partial charge in [0, 0.05) is 23.4 Å². The summed E-state index contributed by atoms with van der Waals surface area (Å²) in [6.07, 6.45) is 2.09. The summed E-state index contributed by atoms with van der Waals surface area (Å²) in [6.45, 7) is 1.82. The number of fused-ring (bicyclic) bond motifs is 1. The van der Waals surface area contributed by atoms with Crippen LogP contribution in [-0.2, 0) is 4.79 Å². The molecular weight excluding hydrogens is 304 g/mol. The number of hydrogen-bond donors (Lipinski definition) is 0. The summed E-state index contributed by atoms with van der Waals surface area (Å²) in [4.78, 5) is 23.7. The number of aromatic nitrogens is 2. The molecule has 1 aliphatic carbocycles. The highest BCUT2D eigenvalue weighted by Gasteiger charge is 2.36. The van der Waals surface area contributed by atoms with E-state index in [0.717, 1.165) is 34.7 Å². The van der Waals surface area contributed by atoms with Crippen molar-refractivity contribution in [2.24, 2.45) is 0 Å². The fourth-order valence-electron chi connectivity index (χ4n) is 2.93. The van der Waals surface area contributed by atoms with Gasteiger partial charge in [0.2, 0.25) is 0 Å². The Labute approximate surface area is 130 Å². The third-order valence-electron chi connectivity index (χ3n) is 4.09. The molecule has 0 saturated heterocycles. The first-order valence-electron chi connectivity index (χ1n) is 7.13. The third kappa shape index (κ3) is 1.99. The standard InChI is InChI=1S/C15H14N2O4S/c1-7-4-11(21-16-7)9-5-12(18)17-10(15(19)20)6-22-14(17)13(9)8-2-3-8/h4-5,8,10H,2-3,6H2,1H3,(H,19,20)/p-1. The zero-order valence-corrected chi connectivity index (χ0v) is 12.7. The van der Waals surface area contributed by atoms with Crippen molar-refractivity contribution in [1.82, 2.24) is 9.72 Å². The Kier molecular flexibility index (Phi) is 2.94. The SMILES string of the molecule is Cc1cc(-c2cc(=O)n3c(c2C2CC2)SCC3C(=O)[O-])on1. The molecule has 22 heavy (non-hydrogen) atoms. The number of carboxylic acids is 1. The van der Waals surface area contributed by atoms with E-state index in [2.05, 4.69) is 5.16 Å². The molecule has 0 N–H and O–H groups in total. The van der Waals surface area contributed by atoms with Crippen molar-refractivity contribution >= 4 is 17.7 Å². The zero-order chi connectivity index (χ0) is 15.4. The second-order valence-corrected chi connectivity index (χ2v) is 6.75. The van der Waals surface area contributed by atoms with Crippen molar-refractivity contribution in [3.8, 4) is 11.3 Å². The van der Waals surface area contributed by atoms with E-state index >= 15 is 0 Å². The van der Waals surface area contributed by atoms with E-state index in [9.17, 15) is 14.7 Å². The first kappa shape index (κ1) is 13.6. The first-order chi connectivity index (χ1) is 10.6. The Morgan fingerprint density at radius 3 is 2.82 bits per heavy atom.